The minimum atomic E-state index is -0.204. The zero-order valence-corrected chi connectivity index (χ0v) is 36.0. The summed E-state index contributed by atoms with van der Waals surface area (Å²) < 4.78 is 16.4. The third-order valence-electron chi connectivity index (χ3n) is 8.04. The first kappa shape index (κ1) is 48.9. The van der Waals surface area contributed by atoms with Gasteiger partial charge in [-0.25, -0.2) is 52.3 Å². The van der Waals surface area contributed by atoms with Crippen LogP contribution in [0, 0.1) is 13.8 Å². The molecule has 322 valence electrons. The van der Waals surface area contributed by atoms with Gasteiger partial charge in [-0.1, -0.05) is 0 Å². The number of aromatic nitrogens is 18. The maximum Gasteiger partial charge on any atom is 0.363 e. The number of likely N-dealkylation sites (N-methyl/N-ethyl adjacent to an activating group) is 2. The van der Waals surface area contributed by atoms with Gasteiger partial charge in [-0.3, -0.25) is 18.3 Å². The van der Waals surface area contributed by atoms with Crippen LogP contribution in [-0.2, 0) is 84.6 Å². The molecule has 2 amide bonds. The molecule has 1 fully saturated rings. The fraction of sp³-hybridized carbons (Fsp3) is 0.581. The first-order valence-electron chi connectivity index (χ1n) is 17.1. The second kappa shape index (κ2) is 21.9. The minimum absolute atomic E-state index is 0.0185. The molecule has 27 heteroatoms. The average Bonchev–Trinajstić information content (AvgIpc) is 4.02. The summed E-state index contributed by atoms with van der Waals surface area (Å²) in [7, 11) is 23.4. The monoisotopic (exact) mass is 820 g/mol. The van der Waals surface area contributed by atoms with E-state index in [-0.39, 0.29) is 40.2 Å². The SMILES string of the molecule is CN1CCN(C)C1=O.Cc1nn(C)c(=O)n1C.Cc1nn(C)c(=O)n1C.Cn1ccn(C)c1=O.Cn1cnn(C)c1=O.Cn1cnn(C)c1=O.Cn1nnn(C)c1=O. The van der Waals surface area contributed by atoms with Gasteiger partial charge in [0.15, 0.2) is 0 Å². The molecular weight excluding hydrogens is 764 g/mol. The van der Waals surface area contributed by atoms with Crippen LogP contribution in [0.15, 0.2) is 53.8 Å². The Bertz CT molecular complexity index is 2200. The van der Waals surface area contributed by atoms with E-state index in [0.29, 0.717) is 0 Å². The van der Waals surface area contributed by atoms with Crippen LogP contribution >= 0.6 is 0 Å². The van der Waals surface area contributed by atoms with Gasteiger partial charge in [0.05, 0.1) is 0 Å². The highest BCUT2D eigenvalue weighted by Crippen LogP contribution is 2.00. The molecule has 0 unspecified atom stereocenters. The quantitative estimate of drug-likeness (QED) is 0.140. The van der Waals surface area contributed by atoms with E-state index >= 15 is 0 Å². The number of hydrogen-bond donors (Lipinski definition) is 0. The number of aryl methyl sites for hydroxylation is 12. The summed E-state index contributed by atoms with van der Waals surface area (Å²) in [5.74, 6) is 1.48. The predicted octanol–water partition coefficient (Wildman–Crippen LogP) is -4.69. The van der Waals surface area contributed by atoms with Gasteiger partial charge in [-0.2, -0.15) is 29.8 Å². The van der Waals surface area contributed by atoms with Crippen molar-refractivity contribution in [2.45, 2.75) is 13.8 Å². The largest absolute Gasteiger partial charge is 0.363 e. The number of nitrogens with zero attached hydrogens (tertiary/aromatic N) is 20. The number of imidazole rings is 1. The number of carbonyl (C=O) groups excluding carboxylic acids is 1. The fourth-order valence-electron chi connectivity index (χ4n) is 4.09. The topological polar surface area (TPSA) is 262 Å². The maximum absolute atomic E-state index is 10.9. The summed E-state index contributed by atoms with van der Waals surface area (Å²) in [6.07, 6.45) is 6.40. The molecule has 0 atom stereocenters. The summed E-state index contributed by atoms with van der Waals surface area (Å²) in [5.41, 5.74) is -0.523. The van der Waals surface area contributed by atoms with Crippen molar-refractivity contribution < 1.29 is 4.79 Å². The molecule has 1 saturated heterocycles. The van der Waals surface area contributed by atoms with Gasteiger partial charge in [0.25, 0.3) is 0 Å². The fourth-order valence-corrected chi connectivity index (χ4v) is 4.09. The summed E-state index contributed by atoms with van der Waals surface area (Å²) in [5, 5.41) is 22.0. The molecule has 0 aromatic carbocycles. The van der Waals surface area contributed by atoms with E-state index < -0.39 is 0 Å². The van der Waals surface area contributed by atoms with Crippen molar-refractivity contribution in [2.75, 3.05) is 27.2 Å². The molecule has 6 aromatic rings. The number of amides is 2. The van der Waals surface area contributed by atoms with Gasteiger partial charge in [0, 0.05) is 124 Å². The van der Waals surface area contributed by atoms with E-state index in [4.69, 9.17) is 0 Å². The lowest BCUT2D eigenvalue weighted by molar-refractivity contribution is 0.205. The van der Waals surface area contributed by atoms with Gasteiger partial charge in [-0.15, -0.1) is 0 Å². The normalized spacial score (nSPS) is 11.3. The lowest BCUT2D eigenvalue weighted by Crippen LogP contribution is -2.25. The molecule has 1 aliphatic heterocycles. The van der Waals surface area contributed by atoms with Crippen molar-refractivity contribution in [2.24, 2.45) is 84.6 Å². The van der Waals surface area contributed by atoms with Gasteiger partial charge in [0.1, 0.15) is 24.3 Å². The summed E-state index contributed by atoms with van der Waals surface area (Å²) in [4.78, 5) is 78.4. The smallest absolute Gasteiger partial charge is 0.326 e. The summed E-state index contributed by atoms with van der Waals surface area (Å²) >= 11 is 0. The minimum Gasteiger partial charge on any atom is -0.326 e. The zero-order chi connectivity index (χ0) is 44.8. The van der Waals surface area contributed by atoms with Crippen LogP contribution < -0.4 is 34.1 Å². The van der Waals surface area contributed by atoms with E-state index in [1.54, 1.807) is 121 Å². The van der Waals surface area contributed by atoms with Crippen molar-refractivity contribution in [1.29, 1.82) is 0 Å². The Morgan fingerprint density at radius 1 is 0.397 bits per heavy atom. The molecule has 0 N–H and O–H groups in total. The van der Waals surface area contributed by atoms with Crippen LogP contribution in [0.5, 0.6) is 0 Å². The molecule has 6 aromatic heterocycles. The maximum atomic E-state index is 10.9. The molecule has 7 rings (SSSR count). The number of rotatable bonds is 0. The van der Waals surface area contributed by atoms with E-state index in [1.807, 2.05) is 14.1 Å². The van der Waals surface area contributed by atoms with E-state index in [1.165, 1.54) is 68.1 Å². The second-order valence-corrected chi connectivity index (χ2v) is 12.8. The first-order valence-corrected chi connectivity index (χ1v) is 17.1. The number of urea groups is 1. The lowest BCUT2D eigenvalue weighted by atomic mass is 10.6. The van der Waals surface area contributed by atoms with Crippen molar-refractivity contribution >= 4 is 6.03 Å². The number of tetrazole rings is 1. The molecule has 7 heterocycles. The van der Waals surface area contributed by atoms with Crippen LogP contribution in [0.25, 0.3) is 0 Å². The van der Waals surface area contributed by atoms with Crippen LogP contribution in [0.3, 0.4) is 0 Å². The molecule has 27 nitrogen and oxygen atoms in total. The number of hydrogen-bond acceptors (Lipinski definition) is 13. The molecule has 0 aliphatic carbocycles. The summed E-state index contributed by atoms with van der Waals surface area (Å²) in [6.45, 7) is 5.33. The van der Waals surface area contributed by atoms with E-state index in [0.717, 1.165) is 24.7 Å². The van der Waals surface area contributed by atoms with Gasteiger partial charge in [0.2, 0.25) is 0 Å². The highest BCUT2D eigenvalue weighted by Gasteiger charge is 2.20. The van der Waals surface area contributed by atoms with Crippen LogP contribution in [0.4, 0.5) is 4.79 Å². The lowest BCUT2D eigenvalue weighted by Gasteiger charge is -2.07. The second-order valence-electron chi connectivity index (χ2n) is 12.8. The molecule has 0 radical (unpaired) electrons. The molecule has 1 aliphatic rings. The third-order valence-corrected chi connectivity index (χ3v) is 8.04. The van der Waals surface area contributed by atoms with Gasteiger partial charge < -0.3 is 18.9 Å². The van der Waals surface area contributed by atoms with E-state index in [9.17, 15) is 33.6 Å². The average molecular weight is 821 g/mol. The molecular formula is C31H56N20O7. The highest BCUT2D eigenvalue weighted by molar-refractivity contribution is 5.75. The van der Waals surface area contributed by atoms with Gasteiger partial charge >= 0.3 is 40.2 Å². The molecule has 0 spiro atoms. The van der Waals surface area contributed by atoms with Crippen molar-refractivity contribution in [1.82, 2.24) is 96.1 Å². The zero-order valence-electron chi connectivity index (χ0n) is 36.0. The Balaban J connectivity index is 0.000000339. The molecule has 0 bridgehead atoms. The Labute approximate surface area is 332 Å². The standard InChI is InChI=1S/2C5H9N3O.C5H10N2O.C5H8N2O.2C4H7N3O.C3H6N4O/c2*1-4-6-8(3)5(9)7(4)2;2*1-6-3-4-7(2)5(6)8;2*1-6-3-5-7(2)4(6)8;1-6-3(8)7(2)5-4-6/h2*1-3H3;3-4H2,1-2H3;3-4H,1-2H3;2*3H,1-2H3;1-2H3. The van der Waals surface area contributed by atoms with Crippen LogP contribution in [-0.4, -0.2) is 129 Å². The summed E-state index contributed by atoms with van der Waals surface area (Å²) in [6, 6.07) is 0.130. The van der Waals surface area contributed by atoms with Crippen LogP contribution in [0.1, 0.15) is 11.6 Å². The van der Waals surface area contributed by atoms with Crippen molar-refractivity contribution in [3.63, 3.8) is 0 Å². The number of carbonyl (C=O) groups is 1. The van der Waals surface area contributed by atoms with Gasteiger partial charge in [-0.05, 0) is 24.3 Å². The van der Waals surface area contributed by atoms with Crippen molar-refractivity contribution in [3.05, 3.63) is 99.6 Å². The Hall–Kier alpha value is -7.09. The highest BCUT2D eigenvalue weighted by atomic mass is 16.2. The predicted molar refractivity (Wildman–Crippen MR) is 211 cm³/mol. The molecule has 0 saturated carbocycles. The van der Waals surface area contributed by atoms with E-state index in [2.05, 4.69) is 30.8 Å². The Kier molecular flexibility index (Phi) is 18.4. The Morgan fingerprint density at radius 3 is 0.810 bits per heavy atom. The first-order chi connectivity index (χ1) is 26.8. The molecule has 58 heavy (non-hydrogen) atoms. The van der Waals surface area contributed by atoms with Crippen molar-refractivity contribution in [3.8, 4) is 0 Å². The van der Waals surface area contributed by atoms with Crippen LogP contribution in [0.2, 0.25) is 0 Å². The third kappa shape index (κ3) is 13.9. The Morgan fingerprint density at radius 2 is 0.724 bits per heavy atom.